The molecular formula is C116H222N12O. The first-order valence-corrected chi connectivity index (χ1v) is 56.3. The summed E-state index contributed by atoms with van der Waals surface area (Å²) in [4.78, 5) is 31.5. The molecule has 10 atom stereocenters. The molecule has 0 amide bonds. The third-order valence-corrected chi connectivity index (χ3v) is 38.5. The lowest BCUT2D eigenvalue weighted by Crippen LogP contribution is -2.69. The molecule has 13 heteroatoms. The van der Waals surface area contributed by atoms with Gasteiger partial charge in [0.25, 0.3) is 0 Å². The number of ether oxygens (including phenoxy) is 1. The predicted octanol–water partition coefficient (Wildman–Crippen LogP) is 24.9. The molecule has 6 spiro atoms. The molecule has 752 valence electrons. The van der Waals surface area contributed by atoms with Crippen LogP contribution in [0.3, 0.4) is 0 Å². The second kappa shape index (κ2) is 42.0. The van der Waals surface area contributed by atoms with Crippen molar-refractivity contribution in [1.29, 1.82) is 0 Å². The Kier molecular flexibility index (Phi) is 34.9. The highest BCUT2D eigenvalue weighted by Crippen LogP contribution is 2.57. The van der Waals surface area contributed by atoms with Crippen LogP contribution < -0.4 is 0 Å². The molecule has 23 fully saturated rings. The Hall–Kier alpha value is -0.520. The van der Waals surface area contributed by atoms with Crippen LogP contribution in [0.5, 0.6) is 0 Å². The van der Waals surface area contributed by atoms with Crippen LogP contribution in [0.25, 0.3) is 0 Å². The van der Waals surface area contributed by atoms with E-state index in [2.05, 4.69) is 287 Å². The van der Waals surface area contributed by atoms with E-state index in [9.17, 15) is 0 Å². The van der Waals surface area contributed by atoms with Crippen molar-refractivity contribution in [3.63, 3.8) is 0 Å². The number of rotatable bonds is 3. The van der Waals surface area contributed by atoms with Gasteiger partial charge in [-0.2, -0.15) is 0 Å². The van der Waals surface area contributed by atoms with Crippen molar-refractivity contribution in [1.82, 2.24) is 58.8 Å². The van der Waals surface area contributed by atoms with Gasteiger partial charge in [-0.1, -0.05) is 32.1 Å². The minimum Gasteiger partial charge on any atom is -0.380 e. The number of likely N-dealkylation sites (tertiary alicyclic amines) is 12. The topological polar surface area (TPSA) is 48.1 Å². The maximum Gasteiger partial charge on any atom is 0.0569 e. The van der Waals surface area contributed by atoms with Crippen molar-refractivity contribution in [2.75, 3.05) is 157 Å². The highest BCUT2D eigenvalue weighted by molar-refractivity contribution is 5.12. The molecule has 0 aromatic heterocycles. The van der Waals surface area contributed by atoms with E-state index < -0.39 is 0 Å². The summed E-state index contributed by atoms with van der Waals surface area (Å²) in [6.07, 6.45) is 46.1. The van der Waals surface area contributed by atoms with Crippen molar-refractivity contribution in [3.05, 3.63) is 0 Å². The Balaban J connectivity index is 0.000000128. The zero-order valence-electron chi connectivity index (χ0n) is 92.7. The largest absolute Gasteiger partial charge is 0.380 e. The molecular weight excluding hydrogens is 1580 g/mol. The van der Waals surface area contributed by atoms with E-state index >= 15 is 0 Å². The standard InChI is InChI=1S/C12H23N.C11H21N.6C10H19N.C9H17NO.C9H17N.C8H15N.C7H15N/c1-12(2,3)13-8-10-6-4-5-7-11(10)9-13;1-10(2,3)12-8-7-11(9-12)5-4-6-11;1-10(2,3)11-6-8-4-5-9(8)7-11;1-9(2,3)11-7-6-10(8-11)4-5-10;1-9(2,3)11-8-4-5-10(11)6-7-10;1-9(2,3)11-7-10(8-11)5-4-6-10;1-9(2)11-7-5-10(3-4-10)6-8-11;1-8(2)11-6-9-4-3-5-10(9)7-11;1-8(2,3)10-4-9(5-10)6-11-7-9;1-9(2,3)10-5-7-4-8(7)6-10;1-6(2)9-4-3-7-5-8(7)9;1-7(2,3)8-5-4-6-8/h10-11H,4-9H2,1-3H3;4-9H2,1-3H3;8-9H,4-7H2,1-3H3;3*4-8H2,1-3H3;9H,3-8H2,1-2H3;8-10H,3-7H2,1-2H3;4-7H2,1-3H3;7-8H,4-6H2,1-3H3;6-8H,3-5H2,1-2H3;4-6H2,1-3H3. The van der Waals surface area contributed by atoms with Gasteiger partial charge in [0, 0.05) is 177 Å². The van der Waals surface area contributed by atoms with Gasteiger partial charge in [-0.05, 0) is 523 Å². The zero-order chi connectivity index (χ0) is 94.5. The van der Waals surface area contributed by atoms with Crippen molar-refractivity contribution in [2.24, 2.45) is 80.3 Å². The molecule has 129 heavy (non-hydrogen) atoms. The molecule has 13 saturated heterocycles. The summed E-state index contributed by atoms with van der Waals surface area (Å²) in [5.74, 6) is 9.60. The lowest BCUT2D eigenvalue weighted by molar-refractivity contribution is -0.207. The Morgan fingerprint density at radius 1 is 0.225 bits per heavy atom. The Morgan fingerprint density at radius 2 is 0.581 bits per heavy atom. The van der Waals surface area contributed by atoms with E-state index in [1.165, 1.54) is 343 Å². The minimum atomic E-state index is 0.362. The summed E-state index contributed by atoms with van der Waals surface area (Å²) in [5.41, 5.74) is 8.14. The fourth-order valence-electron chi connectivity index (χ4n) is 26.5. The molecule has 10 aliphatic carbocycles. The maximum absolute atomic E-state index is 5.21. The number of fused-ring (bicyclic) bond motifs is 5. The van der Waals surface area contributed by atoms with Gasteiger partial charge >= 0.3 is 0 Å². The van der Waals surface area contributed by atoms with Gasteiger partial charge in [0.15, 0.2) is 0 Å². The Bertz CT molecular complexity index is 3250. The maximum atomic E-state index is 5.21. The summed E-state index contributed by atoms with van der Waals surface area (Å²) in [6.45, 7) is 108. The Morgan fingerprint density at radius 3 is 0.829 bits per heavy atom. The third kappa shape index (κ3) is 29.6. The van der Waals surface area contributed by atoms with E-state index in [-0.39, 0.29) is 0 Å². The summed E-state index contributed by atoms with van der Waals surface area (Å²) < 4.78 is 5.21. The first-order chi connectivity index (χ1) is 59.7. The number of nitrogens with zero attached hydrogens (tertiary/aromatic N) is 12. The molecule has 13 aliphatic heterocycles. The minimum absolute atomic E-state index is 0.362. The molecule has 10 unspecified atom stereocenters. The monoisotopic (exact) mass is 1800 g/mol. The number of hydrogen-bond acceptors (Lipinski definition) is 13. The van der Waals surface area contributed by atoms with Gasteiger partial charge in [-0.15, -0.1) is 0 Å². The third-order valence-electron chi connectivity index (χ3n) is 38.5. The van der Waals surface area contributed by atoms with Gasteiger partial charge in [0.1, 0.15) is 0 Å². The van der Waals surface area contributed by atoms with Crippen LogP contribution in [0.4, 0.5) is 0 Å². The fourth-order valence-corrected chi connectivity index (χ4v) is 26.5. The van der Waals surface area contributed by atoms with Crippen molar-refractivity contribution >= 4 is 0 Å². The summed E-state index contributed by atoms with van der Waals surface area (Å²) in [7, 11) is 0. The van der Waals surface area contributed by atoms with E-state index in [1.807, 2.05) is 0 Å². The highest BCUT2D eigenvalue weighted by Gasteiger charge is 2.57. The van der Waals surface area contributed by atoms with Gasteiger partial charge in [0.2, 0.25) is 0 Å². The summed E-state index contributed by atoms with van der Waals surface area (Å²) >= 11 is 0. The highest BCUT2D eigenvalue weighted by atomic mass is 16.5. The molecule has 13 heterocycles. The SMILES string of the molecule is CC(C)(C)N1CC2(CCC2)C1.CC(C)(C)N1CC2(COC2)C1.CC(C)(C)N1CC2CC2C1.CC(C)(C)N1CC2CCC2C1.CC(C)(C)N1CC2CCCCC2C1.CC(C)(C)N1CCC1.CC(C)(C)N1CCC2(CC2)C1.CC(C)(C)N1CCC2(CCC2)C1.CC(C)(C)N1CCCC12CC2.CC(C)N1CC2CCCC2C1.CC(C)N1CCC2(CC1)CC2.CC(C)N1CCC2CC21. The molecule has 0 bridgehead atoms. The van der Waals surface area contributed by atoms with Crippen LogP contribution in [0.15, 0.2) is 0 Å². The van der Waals surface area contributed by atoms with Crippen LogP contribution in [-0.2, 0) is 4.74 Å². The molecule has 13 nitrogen and oxygen atoms in total. The number of hydrogen-bond donors (Lipinski definition) is 0. The van der Waals surface area contributed by atoms with Gasteiger partial charge in [0.05, 0.1) is 13.2 Å². The van der Waals surface area contributed by atoms with Gasteiger partial charge in [-0.3, -0.25) is 49.0 Å². The molecule has 23 rings (SSSR count). The Labute approximate surface area is 803 Å². The van der Waals surface area contributed by atoms with Gasteiger partial charge < -0.3 is 14.5 Å². The van der Waals surface area contributed by atoms with Crippen molar-refractivity contribution in [3.8, 4) is 0 Å². The fraction of sp³-hybridized carbons (Fsp3) is 1.00. The molecule has 10 saturated carbocycles. The lowest BCUT2D eigenvalue weighted by Gasteiger charge is -2.60. The van der Waals surface area contributed by atoms with E-state index in [1.54, 1.807) is 0 Å². The average Bonchev–Trinajstić information content (AvgIpc) is 1.15. The molecule has 0 aromatic carbocycles. The van der Waals surface area contributed by atoms with Crippen LogP contribution in [-0.4, -0.2) is 296 Å². The van der Waals surface area contributed by atoms with Crippen LogP contribution >= 0.6 is 0 Å². The van der Waals surface area contributed by atoms with Crippen molar-refractivity contribution in [2.45, 2.75) is 507 Å². The smallest absolute Gasteiger partial charge is 0.0569 e. The van der Waals surface area contributed by atoms with E-state index in [0.29, 0.717) is 60.8 Å². The summed E-state index contributed by atoms with van der Waals surface area (Å²) in [5, 5.41) is 0. The second-order valence-corrected chi connectivity index (χ2v) is 58.8. The van der Waals surface area contributed by atoms with Crippen LogP contribution in [0.2, 0.25) is 0 Å². The zero-order valence-corrected chi connectivity index (χ0v) is 92.7. The molecule has 0 aromatic rings. The van der Waals surface area contributed by atoms with Crippen molar-refractivity contribution < 1.29 is 4.74 Å². The van der Waals surface area contributed by atoms with Crippen LogP contribution in [0, 0.1) is 80.3 Å². The summed E-state index contributed by atoms with van der Waals surface area (Å²) in [6, 6.07) is 3.35. The normalized spacial score (nSPS) is 33.0. The van der Waals surface area contributed by atoms with E-state index in [4.69, 9.17) is 4.74 Å². The van der Waals surface area contributed by atoms with Gasteiger partial charge in [-0.25, -0.2) is 0 Å². The first kappa shape index (κ1) is 107. The molecule has 0 radical (unpaired) electrons. The number of piperidine rings is 3. The quantitative estimate of drug-likeness (QED) is 0.270. The average molecular weight is 1800 g/mol. The second-order valence-electron chi connectivity index (χ2n) is 58.8. The van der Waals surface area contributed by atoms with Crippen LogP contribution in [0.1, 0.15) is 428 Å². The predicted molar refractivity (Wildman–Crippen MR) is 556 cm³/mol. The molecule has 0 N–H and O–H groups in total. The first-order valence-electron chi connectivity index (χ1n) is 56.3. The van der Waals surface area contributed by atoms with E-state index in [0.717, 1.165) is 112 Å². The lowest BCUT2D eigenvalue weighted by atomic mass is 9.62. The molecule has 23 aliphatic rings.